The predicted octanol–water partition coefficient (Wildman–Crippen LogP) is 1.02. The Balaban J connectivity index is 1.92. The molecule has 0 bridgehead atoms. The fraction of sp³-hybridized carbons (Fsp3) is 0.393. The van der Waals surface area contributed by atoms with Crippen LogP contribution in [0.1, 0.15) is 28.8 Å². The Bertz CT molecular complexity index is 1110. The van der Waals surface area contributed by atoms with Gasteiger partial charge < -0.3 is 44.5 Å². The van der Waals surface area contributed by atoms with E-state index in [0.717, 1.165) is 5.56 Å². The minimum atomic E-state index is -0.984. The number of benzene rings is 2. The van der Waals surface area contributed by atoms with Gasteiger partial charge in [0.1, 0.15) is 18.1 Å². The molecule has 2 aromatic carbocycles. The molecule has 0 radical (unpaired) electrons. The highest BCUT2D eigenvalue weighted by Crippen LogP contribution is 2.24. The van der Waals surface area contributed by atoms with Crippen molar-refractivity contribution < 1.29 is 57.9 Å². The highest BCUT2D eigenvalue weighted by molar-refractivity contribution is 5.90. The molecule has 0 heterocycles. The van der Waals surface area contributed by atoms with Crippen molar-refractivity contribution >= 4 is 29.7 Å². The van der Waals surface area contributed by atoms with Gasteiger partial charge in [-0.05, 0) is 17.7 Å². The molecule has 2 amide bonds. The number of carboxylic acids is 2. The second-order valence-electron chi connectivity index (χ2n) is 8.54. The number of hydrogen-bond acceptors (Lipinski definition) is 10. The quantitative estimate of drug-likeness (QED) is 0.119. The summed E-state index contributed by atoms with van der Waals surface area (Å²) >= 11 is 0. The van der Waals surface area contributed by atoms with Gasteiger partial charge in [-0.25, -0.2) is 4.79 Å². The molecule has 0 unspecified atom stereocenters. The molecule has 0 atom stereocenters. The van der Waals surface area contributed by atoms with Gasteiger partial charge in [-0.15, -0.1) is 0 Å². The number of rotatable bonds is 21. The van der Waals surface area contributed by atoms with Crippen LogP contribution in [-0.2, 0) is 40.0 Å². The van der Waals surface area contributed by atoms with Gasteiger partial charge in [-0.3, -0.25) is 19.2 Å². The molecule has 2 rings (SSSR count). The molecule has 0 aliphatic heterocycles. The maximum atomic E-state index is 12.7. The first-order valence-electron chi connectivity index (χ1n) is 13.0. The lowest BCUT2D eigenvalue weighted by Gasteiger charge is -2.13. The summed E-state index contributed by atoms with van der Waals surface area (Å²) in [5.74, 6) is -3.40. The molecule has 4 N–H and O–H groups in total. The van der Waals surface area contributed by atoms with Crippen molar-refractivity contribution in [2.45, 2.75) is 19.4 Å². The second kappa shape index (κ2) is 19.4. The van der Waals surface area contributed by atoms with Gasteiger partial charge in [0.05, 0.1) is 44.8 Å². The Morgan fingerprint density at radius 1 is 0.667 bits per heavy atom. The number of carbonyl (C=O) groups excluding carboxylic acids is 3. The molecule has 0 saturated carbocycles. The molecule has 0 saturated heterocycles. The lowest BCUT2D eigenvalue weighted by atomic mass is 10.2. The van der Waals surface area contributed by atoms with Crippen LogP contribution in [0, 0.1) is 0 Å². The molecule has 14 nitrogen and oxygen atoms in total. The number of hydrogen-bond donors (Lipinski definition) is 4. The Labute approximate surface area is 241 Å². The van der Waals surface area contributed by atoms with E-state index >= 15 is 0 Å². The van der Waals surface area contributed by atoms with Gasteiger partial charge in [0.15, 0.2) is 13.2 Å². The molecule has 0 fully saturated rings. The van der Waals surface area contributed by atoms with Gasteiger partial charge in [-0.1, -0.05) is 30.3 Å². The molecule has 0 aromatic heterocycles. The number of aliphatic carboxylic acids is 2. The standard InChI is InChI=1S/C28H34N2O12/c31-24(29-8-12-38-10-6-26(33)34)18-40-22-14-21(28(37)42-17-20-4-2-1-3-5-20)15-23(16-22)41-19-25(32)30-9-13-39-11-7-27(35)36/h1-5,14-16H,6-13,17-19H2,(H,29,31)(H,30,32)(H,33,34)(H,35,36). The molecular weight excluding hydrogens is 556 g/mol. The van der Waals surface area contributed by atoms with E-state index in [1.807, 2.05) is 18.2 Å². The van der Waals surface area contributed by atoms with E-state index in [4.69, 9.17) is 33.9 Å². The van der Waals surface area contributed by atoms with Gasteiger partial charge in [0, 0.05) is 19.2 Å². The summed E-state index contributed by atoms with van der Waals surface area (Å²) in [4.78, 5) is 58.0. The summed E-state index contributed by atoms with van der Waals surface area (Å²) in [6, 6.07) is 13.2. The van der Waals surface area contributed by atoms with E-state index in [0.29, 0.717) is 0 Å². The molecule has 14 heteroatoms. The number of carboxylic acid groups (broad SMARTS) is 2. The second-order valence-corrected chi connectivity index (χ2v) is 8.54. The third kappa shape index (κ3) is 15.2. The first-order chi connectivity index (χ1) is 20.2. The van der Waals surface area contributed by atoms with E-state index in [1.165, 1.54) is 18.2 Å². The summed E-state index contributed by atoms with van der Waals surface area (Å²) in [7, 11) is 0. The van der Waals surface area contributed by atoms with Gasteiger partial charge in [-0.2, -0.15) is 0 Å². The number of amides is 2. The van der Waals surface area contributed by atoms with E-state index in [-0.39, 0.29) is 76.0 Å². The zero-order chi connectivity index (χ0) is 30.6. The Hall–Kier alpha value is -4.69. The monoisotopic (exact) mass is 590 g/mol. The molecule has 2 aromatic rings. The summed E-state index contributed by atoms with van der Waals surface area (Å²) in [5.41, 5.74) is 0.847. The zero-order valence-electron chi connectivity index (χ0n) is 22.9. The maximum Gasteiger partial charge on any atom is 0.338 e. The van der Waals surface area contributed by atoms with Crippen LogP contribution >= 0.6 is 0 Å². The van der Waals surface area contributed by atoms with E-state index < -0.39 is 42.9 Å². The van der Waals surface area contributed by atoms with Gasteiger partial charge in [0.2, 0.25) is 0 Å². The van der Waals surface area contributed by atoms with Crippen molar-refractivity contribution in [1.82, 2.24) is 10.6 Å². The van der Waals surface area contributed by atoms with Crippen LogP contribution < -0.4 is 20.1 Å². The average Bonchev–Trinajstić information content (AvgIpc) is 2.97. The Kier molecular flexibility index (Phi) is 15.5. The minimum absolute atomic E-state index is 0.0227. The number of esters is 1. The van der Waals surface area contributed by atoms with Crippen molar-refractivity contribution in [3.05, 3.63) is 59.7 Å². The SMILES string of the molecule is O=C(O)CCOCCNC(=O)COc1cc(OCC(=O)NCCOCCC(=O)O)cc(C(=O)OCc2ccccc2)c1. The number of ether oxygens (including phenoxy) is 5. The van der Waals surface area contributed by atoms with Gasteiger partial charge in [0.25, 0.3) is 11.8 Å². The third-order valence-electron chi connectivity index (χ3n) is 5.13. The molecular formula is C28H34N2O12. The number of carbonyl (C=O) groups is 5. The Morgan fingerprint density at radius 3 is 1.64 bits per heavy atom. The van der Waals surface area contributed by atoms with Crippen LogP contribution in [-0.4, -0.2) is 92.7 Å². The molecule has 0 aliphatic carbocycles. The summed E-state index contributed by atoms with van der Waals surface area (Å²) in [6.07, 6.45) is -0.285. The van der Waals surface area contributed by atoms with Crippen LogP contribution in [0.25, 0.3) is 0 Å². The van der Waals surface area contributed by atoms with Crippen molar-refractivity contribution in [2.75, 3.05) is 52.7 Å². The fourth-order valence-electron chi connectivity index (χ4n) is 3.11. The molecule has 0 aliphatic rings. The van der Waals surface area contributed by atoms with Crippen LogP contribution in [0.15, 0.2) is 48.5 Å². The van der Waals surface area contributed by atoms with E-state index in [1.54, 1.807) is 12.1 Å². The first kappa shape index (κ1) is 33.5. The summed E-state index contributed by atoms with van der Waals surface area (Å²) in [6.45, 7) is -0.212. The van der Waals surface area contributed by atoms with Crippen LogP contribution in [0.4, 0.5) is 0 Å². The maximum absolute atomic E-state index is 12.7. The van der Waals surface area contributed by atoms with Crippen molar-refractivity contribution in [1.29, 1.82) is 0 Å². The largest absolute Gasteiger partial charge is 0.484 e. The third-order valence-corrected chi connectivity index (χ3v) is 5.13. The molecule has 42 heavy (non-hydrogen) atoms. The summed E-state index contributed by atoms with van der Waals surface area (Å²) in [5, 5.41) is 22.3. The highest BCUT2D eigenvalue weighted by atomic mass is 16.5. The van der Waals surface area contributed by atoms with Gasteiger partial charge >= 0.3 is 17.9 Å². The average molecular weight is 591 g/mol. The highest BCUT2D eigenvalue weighted by Gasteiger charge is 2.14. The lowest BCUT2D eigenvalue weighted by Crippen LogP contribution is -2.32. The van der Waals surface area contributed by atoms with Crippen LogP contribution in [0.3, 0.4) is 0 Å². The first-order valence-corrected chi connectivity index (χ1v) is 13.0. The molecule has 228 valence electrons. The van der Waals surface area contributed by atoms with Crippen molar-refractivity contribution in [2.24, 2.45) is 0 Å². The van der Waals surface area contributed by atoms with Crippen molar-refractivity contribution in [3.8, 4) is 11.5 Å². The van der Waals surface area contributed by atoms with Crippen molar-refractivity contribution in [3.63, 3.8) is 0 Å². The smallest absolute Gasteiger partial charge is 0.338 e. The van der Waals surface area contributed by atoms with E-state index in [9.17, 15) is 24.0 Å². The van der Waals surface area contributed by atoms with Crippen LogP contribution in [0.2, 0.25) is 0 Å². The van der Waals surface area contributed by atoms with Crippen LogP contribution in [0.5, 0.6) is 11.5 Å². The summed E-state index contributed by atoms with van der Waals surface area (Å²) < 4.78 is 26.6. The Morgan fingerprint density at radius 2 is 1.17 bits per heavy atom. The fourth-order valence-corrected chi connectivity index (χ4v) is 3.11. The normalized spacial score (nSPS) is 10.4. The predicted molar refractivity (Wildman–Crippen MR) is 145 cm³/mol. The topological polar surface area (TPSA) is 196 Å². The van der Waals surface area contributed by atoms with E-state index in [2.05, 4.69) is 10.6 Å². The molecule has 0 spiro atoms. The lowest BCUT2D eigenvalue weighted by molar-refractivity contribution is -0.139. The number of nitrogens with one attached hydrogen (secondary N) is 2. The zero-order valence-corrected chi connectivity index (χ0v) is 22.9. The minimum Gasteiger partial charge on any atom is -0.484 e.